The van der Waals surface area contributed by atoms with E-state index in [0.29, 0.717) is 13.0 Å². The van der Waals surface area contributed by atoms with Crippen molar-refractivity contribution in [3.63, 3.8) is 0 Å². The summed E-state index contributed by atoms with van der Waals surface area (Å²) in [5.41, 5.74) is 0. The molecule has 0 aromatic carbocycles. The second-order valence-corrected chi connectivity index (χ2v) is 6.35. The third kappa shape index (κ3) is 7.85. The number of carbonyl (C=O) groups is 3. The Morgan fingerprint density at radius 3 is 2.39 bits per heavy atom. The lowest BCUT2D eigenvalue weighted by Crippen LogP contribution is -2.43. The molecular weight excluding hydrogens is 298 g/mol. The van der Waals surface area contributed by atoms with Gasteiger partial charge in [-0.2, -0.15) is 0 Å². The standard InChI is InChI=1S/C16H29N3O4/c1-12(2)19(11-15(21)22)14(20)9-6-10-17-16(23)18-13-7-4-3-5-8-13/h12-13H,3-11H2,1-2H3,(H,21,22)(H2,17,18,23). The zero-order valence-electron chi connectivity index (χ0n) is 14.1. The van der Waals surface area contributed by atoms with Gasteiger partial charge >= 0.3 is 12.0 Å². The maximum Gasteiger partial charge on any atom is 0.323 e. The van der Waals surface area contributed by atoms with Gasteiger partial charge in [0.25, 0.3) is 0 Å². The Bertz CT molecular complexity index is 406. The van der Waals surface area contributed by atoms with Crippen molar-refractivity contribution >= 4 is 17.9 Å². The van der Waals surface area contributed by atoms with Crippen LogP contribution in [0.3, 0.4) is 0 Å². The molecule has 0 aromatic rings. The molecule has 23 heavy (non-hydrogen) atoms. The van der Waals surface area contributed by atoms with E-state index in [0.717, 1.165) is 25.7 Å². The first kappa shape index (κ1) is 19.3. The smallest absolute Gasteiger partial charge is 0.323 e. The van der Waals surface area contributed by atoms with Crippen molar-refractivity contribution in [2.24, 2.45) is 0 Å². The summed E-state index contributed by atoms with van der Waals surface area (Å²) in [6.45, 7) is 3.70. The Hall–Kier alpha value is -1.79. The largest absolute Gasteiger partial charge is 0.480 e. The van der Waals surface area contributed by atoms with Crippen LogP contribution >= 0.6 is 0 Å². The molecule has 1 rings (SSSR count). The quantitative estimate of drug-likeness (QED) is 0.591. The van der Waals surface area contributed by atoms with Gasteiger partial charge in [0.1, 0.15) is 6.54 Å². The maximum absolute atomic E-state index is 12.0. The van der Waals surface area contributed by atoms with Crippen molar-refractivity contribution in [1.82, 2.24) is 15.5 Å². The average Bonchev–Trinajstić information content (AvgIpc) is 2.49. The average molecular weight is 327 g/mol. The summed E-state index contributed by atoms with van der Waals surface area (Å²) in [6.07, 6.45) is 6.36. The van der Waals surface area contributed by atoms with E-state index in [4.69, 9.17) is 5.11 Å². The third-order valence-electron chi connectivity index (χ3n) is 4.04. The minimum atomic E-state index is -1.02. The van der Waals surface area contributed by atoms with Crippen molar-refractivity contribution in [1.29, 1.82) is 0 Å². The molecule has 1 saturated carbocycles. The summed E-state index contributed by atoms with van der Waals surface area (Å²) >= 11 is 0. The highest BCUT2D eigenvalue weighted by Crippen LogP contribution is 2.17. The fraction of sp³-hybridized carbons (Fsp3) is 0.812. The molecule has 0 spiro atoms. The SMILES string of the molecule is CC(C)N(CC(=O)O)C(=O)CCCNC(=O)NC1CCCCC1. The molecule has 0 aliphatic heterocycles. The Kier molecular flexibility index (Phi) is 8.43. The highest BCUT2D eigenvalue weighted by molar-refractivity contribution is 5.81. The number of urea groups is 1. The predicted octanol–water partition coefficient (Wildman–Crippen LogP) is 1.72. The molecule has 1 aliphatic rings. The molecule has 7 heteroatoms. The number of amides is 3. The highest BCUT2D eigenvalue weighted by atomic mass is 16.4. The van der Waals surface area contributed by atoms with Crippen LogP contribution in [0.25, 0.3) is 0 Å². The monoisotopic (exact) mass is 327 g/mol. The summed E-state index contributed by atoms with van der Waals surface area (Å²) in [5, 5.41) is 14.5. The number of rotatable bonds is 8. The number of carboxylic acids is 1. The highest BCUT2D eigenvalue weighted by Gasteiger charge is 2.19. The first-order chi connectivity index (χ1) is 10.9. The zero-order chi connectivity index (χ0) is 17.2. The Labute approximate surface area is 137 Å². The number of aliphatic carboxylic acids is 1. The van der Waals surface area contributed by atoms with Gasteiger partial charge < -0.3 is 20.6 Å². The van der Waals surface area contributed by atoms with Gasteiger partial charge in [-0.15, -0.1) is 0 Å². The summed E-state index contributed by atoms with van der Waals surface area (Å²) in [6, 6.07) is -0.0749. The van der Waals surface area contributed by atoms with Gasteiger partial charge in [0.2, 0.25) is 5.91 Å². The number of nitrogens with zero attached hydrogens (tertiary/aromatic N) is 1. The number of carboxylic acid groups (broad SMARTS) is 1. The van der Waals surface area contributed by atoms with Crippen molar-refractivity contribution in [2.75, 3.05) is 13.1 Å². The lowest BCUT2D eigenvalue weighted by atomic mass is 9.96. The third-order valence-corrected chi connectivity index (χ3v) is 4.04. The van der Waals surface area contributed by atoms with Gasteiger partial charge in [0.15, 0.2) is 0 Å². The van der Waals surface area contributed by atoms with E-state index in [1.54, 1.807) is 13.8 Å². The minimum Gasteiger partial charge on any atom is -0.480 e. The van der Waals surface area contributed by atoms with E-state index in [1.165, 1.54) is 11.3 Å². The van der Waals surface area contributed by atoms with Gasteiger partial charge in [-0.3, -0.25) is 9.59 Å². The zero-order valence-corrected chi connectivity index (χ0v) is 14.1. The van der Waals surface area contributed by atoms with E-state index in [9.17, 15) is 14.4 Å². The van der Waals surface area contributed by atoms with Gasteiger partial charge in [-0.25, -0.2) is 4.79 Å². The van der Waals surface area contributed by atoms with Crippen LogP contribution in [-0.2, 0) is 9.59 Å². The molecule has 3 amide bonds. The lowest BCUT2D eigenvalue weighted by Gasteiger charge is -2.25. The number of nitrogens with one attached hydrogen (secondary N) is 2. The number of carbonyl (C=O) groups excluding carboxylic acids is 2. The van der Waals surface area contributed by atoms with Crippen molar-refractivity contribution in [3.8, 4) is 0 Å². The normalized spacial score (nSPS) is 15.3. The van der Waals surface area contributed by atoms with Crippen LogP contribution < -0.4 is 10.6 Å². The van der Waals surface area contributed by atoms with Gasteiger partial charge in [-0.05, 0) is 33.1 Å². The summed E-state index contributed by atoms with van der Waals surface area (Å²) in [7, 11) is 0. The van der Waals surface area contributed by atoms with E-state index in [1.807, 2.05) is 0 Å². The molecule has 3 N–H and O–H groups in total. The van der Waals surface area contributed by atoms with Crippen LogP contribution in [0, 0.1) is 0 Å². The van der Waals surface area contributed by atoms with Crippen molar-refractivity contribution in [2.45, 2.75) is 70.9 Å². The molecule has 0 bridgehead atoms. The lowest BCUT2D eigenvalue weighted by molar-refractivity contribution is -0.145. The molecule has 0 radical (unpaired) electrons. The van der Waals surface area contributed by atoms with Gasteiger partial charge in [0.05, 0.1) is 0 Å². The van der Waals surface area contributed by atoms with Crippen LogP contribution in [0.15, 0.2) is 0 Å². The van der Waals surface area contributed by atoms with Gasteiger partial charge in [-0.1, -0.05) is 19.3 Å². The Balaban J connectivity index is 2.20. The van der Waals surface area contributed by atoms with Crippen molar-refractivity contribution < 1.29 is 19.5 Å². The molecule has 132 valence electrons. The van der Waals surface area contributed by atoms with Gasteiger partial charge in [0, 0.05) is 25.0 Å². The Morgan fingerprint density at radius 2 is 1.83 bits per heavy atom. The van der Waals surface area contributed by atoms with Crippen molar-refractivity contribution in [3.05, 3.63) is 0 Å². The molecule has 0 atom stereocenters. The first-order valence-electron chi connectivity index (χ1n) is 8.45. The van der Waals surface area contributed by atoms with Crippen LogP contribution in [0.4, 0.5) is 4.79 Å². The topological polar surface area (TPSA) is 98.7 Å². The summed E-state index contributed by atoms with van der Waals surface area (Å²) in [4.78, 5) is 35.9. The van der Waals surface area contributed by atoms with E-state index < -0.39 is 5.97 Å². The molecule has 1 aliphatic carbocycles. The first-order valence-corrected chi connectivity index (χ1v) is 8.45. The number of hydrogen-bond acceptors (Lipinski definition) is 3. The van der Waals surface area contributed by atoms with Crippen LogP contribution in [0.2, 0.25) is 0 Å². The second-order valence-electron chi connectivity index (χ2n) is 6.35. The van der Waals surface area contributed by atoms with E-state index >= 15 is 0 Å². The fourth-order valence-corrected chi connectivity index (χ4v) is 2.77. The summed E-state index contributed by atoms with van der Waals surface area (Å²) < 4.78 is 0. The molecular formula is C16H29N3O4. The van der Waals surface area contributed by atoms with E-state index in [2.05, 4.69) is 10.6 Å². The fourth-order valence-electron chi connectivity index (χ4n) is 2.77. The van der Waals surface area contributed by atoms with E-state index in [-0.39, 0.29) is 37.0 Å². The molecule has 0 unspecified atom stereocenters. The molecule has 0 aromatic heterocycles. The molecule has 7 nitrogen and oxygen atoms in total. The van der Waals surface area contributed by atoms with Crippen LogP contribution in [0.1, 0.15) is 58.8 Å². The predicted molar refractivity (Wildman–Crippen MR) is 87.1 cm³/mol. The van der Waals surface area contributed by atoms with Crippen LogP contribution in [0.5, 0.6) is 0 Å². The van der Waals surface area contributed by atoms with Crippen LogP contribution in [-0.4, -0.2) is 53.1 Å². The second kappa shape index (κ2) is 10.1. The molecule has 1 fully saturated rings. The minimum absolute atomic E-state index is 0.152. The Morgan fingerprint density at radius 1 is 1.17 bits per heavy atom. The summed E-state index contributed by atoms with van der Waals surface area (Å²) in [5.74, 6) is -1.21. The number of hydrogen-bond donors (Lipinski definition) is 3. The molecule has 0 saturated heterocycles. The maximum atomic E-state index is 12.0. The molecule has 0 heterocycles.